The van der Waals surface area contributed by atoms with Crippen molar-refractivity contribution in [3.8, 4) is 16.2 Å². The number of Topliss-reactive ketones (excluding diaryl/α,β-unsaturated/α-hetero) is 1. The van der Waals surface area contributed by atoms with Gasteiger partial charge in [0.05, 0.1) is 17.5 Å². The Kier molecular flexibility index (Phi) is 6.20. The zero-order valence-corrected chi connectivity index (χ0v) is 18.2. The second kappa shape index (κ2) is 8.86. The summed E-state index contributed by atoms with van der Waals surface area (Å²) in [4.78, 5) is 27.9. The third-order valence-electron chi connectivity index (χ3n) is 5.91. The van der Waals surface area contributed by atoms with Crippen LogP contribution >= 0.6 is 11.3 Å². The molecule has 0 spiro atoms. The predicted molar refractivity (Wildman–Crippen MR) is 116 cm³/mol. The molecule has 0 bridgehead atoms. The molecule has 0 aliphatic carbocycles. The fourth-order valence-electron chi connectivity index (χ4n) is 4.28. The molecule has 7 heteroatoms. The monoisotopic (exact) mass is 430 g/mol. The quantitative estimate of drug-likeness (QED) is 0.727. The summed E-state index contributed by atoms with van der Waals surface area (Å²) in [6, 6.07) is 6.45. The second-order valence-electron chi connectivity index (χ2n) is 8.20. The van der Waals surface area contributed by atoms with Crippen LogP contribution in [-0.2, 0) is 11.2 Å². The molecule has 1 fully saturated rings. The number of benzene rings is 1. The van der Waals surface area contributed by atoms with Crippen molar-refractivity contribution in [1.29, 1.82) is 0 Å². The van der Waals surface area contributed by atoms with Crippen molar-refractivity contribution in [2.24, 2.45) is 0 Å². The van der Waals surface area contributed by atoms with Gasteiger partial charge >= 0.3 is 0 Å². The van der Waals surface area contributed by atoms with E-state index in [1.165, 1.54) is 30.4 Å². The third-order valence-corrected chi connectivity index (χ3v) is 7.13. The predicted octanol–water partition coefficient (Wildman–Crippen LogP) is 4.05. The molecule has 0 saturated carbocycles. The number of rotatable bonds is 5. The van der Waals surface area contributed by atoms with Gasteiger partial charge in [-0.2, -0.15) is 0 Å². The number of ether oxygens (including phenoxy) is 1. The van der Waals surface area contributed by atoms with Gasteiger partial charge < -0.3 is 10.1 Å². The van der Waals surface area contributed by atoms with E-state index in [4.69, 9.17) is 4.74 Å². The second-order valence-corrected chi connectivity index (χ2v) is 9.28. The minimum atomic E-state index is -0.324. The van der Waals surface area contributed by atoms with Gasteiger partial charge in [0.15, 0.2) is 5.78 Å². The topological polar surface area (TPSA) is 58.6 Å². The Labute approximate surface area is 180 Å². The van der Waals surface area contributed by atoms with Gasteiger partial charge in [0.25, 0.3) is 0 Å². The van der Waals surface area contributed by atoms with Crippen molar-refractivity contribution < 1.29 is 18.7 Å². The highest BCUT2D eigenvalue weighted by Crippen LogP contribution is 2.42. The minimum absolute atomic E-state index is 0.00992. The maximum atomic E-state index is 14.2. The smallest absolute Gasteiger partial charge is 0.237 e. The molecule has 1 saturated heterocycles. The Morgan fingerprint density at radius 3 is 2.87 bits per heavy atom. The van der Waals surface area contributed by atoms with Gasteiger partial charge in [0, 0.05) is 22.4 Å². The zero-order chi connectivity index (χ0) is 21.3. The number of likely N-dealkylation sites (tertiary alicyclic amines) is 1. The molecule has 4 rings (SSSR count). The normalized spacial score (nSPS) is 21.6. The van der Waals surface area contributed by atoms with E-state index < -0.39 is 0 Å². The number of hydrogen-bond donors (Lipinski definition) is 1. The average molecular weight is 431 g/mol. The van der Waals surface area contributed by atoms with Crippen molar-refractivity contribution in [2.75, 3.05) is 20.1 Å². The fourth-order valence-corrected chi connectivity index (χ4v) is 5.19. The van der Waals surface area contributed by atoms with Gasteiger partial charge in [-0.15, -0.1) is 11.3 Å². The van der Waals surface area contributed by atoms with Crippen LogP contribution in [-0.4, -0.2) is 48.9 Å². The molecule has 30 heavy (non-hydrogen) atoms. The molecule has 3 heterocycles. The Balaban J connectivity index is 1.45. The van der Waals surface area contributed by atoms with E-state index in [0.717, 1.165) is 42.7 Å². The number of thiophene rings is 1. The first-order valence-corrected chi connectivity index (χ1v) is 11.3. The van der Waals surface area contributed by atoms with Crippen LogP contribution < -0.4 is 10.1 Å². The molecule has 0 radical (unpaired) electrons. The molecule has 0 unspecified atom stereocenters. The van der Waals surface area contributed by atoms with Gasteiger partial charge in [0.2, 0.25) is 5.91 Å². The number of carbonyl (C=O) groups is 2. The summed E-state index contributed by atoms with van der Waals surface area (Å²) in [6.07, 6.45) is 4.56. The molecule has 2 atom stereocenters. The number of nitrogens with zero attached hydrogens (tertiary/aromatic N) is 1. The van der Waals surface area contributed by atoms with Gasteiger partial charge in [-0.05, 0) is 57.6 Å². The summed E-state index contributed by atoms with van der Waals surface area (Å²) in [5.41, 5.74) is 1.47. The van der Waals surface area contributed by atoms with E-state index >= 15 is 0 Å². The fraction of sp³-hybridized carbons (Fsp3) is 0.478. The van der Waals surface area contributed by atoms with E-state index in [0.29, 0.717) is 29.2 Å². The minimum Gasteiger partial charge on any atom is -0.487 e. The molecule has 1 aromatic heterocycles. The Morgan fingerprint density at radius 1 is 1.27 bits per heavy atom. The van der Waals surface area contributed by atoms with Gasteiger partial charge in [-0.25, -0.2) is 4.39 Å². The Hall–Kier alpha value is -2.25. The zero-order valence-electron chi connectivity index (χ0n) is 17.4. The Bertz CT molecular complexity index is 958. The summed E-state index contributed by atoms with van der Waals surface area (Å²) < 4.78 is 20.4. The van der Waals surface area contributed by atoms with E-state index in [-0.39, 0.29) is 29.7 Å². The lowest BCUT2D eigenvalue weighted by molar-refractivity contribution is -0.126. The SMILES string of the molecule is CC(=O)c1ccc(-c2cc(F)cc3c2O[C@@H](CNC(=O)[C@@H]2CCCCCN2C)C3)s1. The molecule has 2 aromatic rings. The van der Waals surface area contributed by atoms with Gasteiger partial charge in [0.1, 0.15) is 17.7 Å². The maximum absolute atomic E-state index is 14.2. The van der Waals surface area contributed by atoms with Crippen LogP contribution in [0.1, 0.15) is 47.8 Å². The molecular weight excluding hydrogens is 403 g/mol. The number of hydrogen-bond acceptors (Lipinski definition) is 5. The van der Waals surface area contributed by atoms with Crippen LogP contribution in [0.15, 0.2) is 24.3 Å². The van der Waals surface area contributed by atoms with Crippen LogP contribution in [0.25, 0.3) is 10.4 Å². The summed E-state index contributed by atoms with van der Waals surface area (Å²) in [6.45, 7) is 2.85. The van der Waals surface area contributed by atoms with E-state index in [1.807, 2.05) is 13.1 Å². The number of amides is 1. The summed E-state index contributed by atoms with van der Waals surface area (Å²) >= 11 is 1.34. The molecule has 2 aliphatic heterocycles. The van der Waals surface area contributed by atoms with Crippen LogP contribution in [0.2, 0.25) is 0 Å². The number of likely N-dealkylation sites (N-methyl/N-ethyl adjacent to an activating group) is 1. The lowest BCUT2D eigenvalue weighted by atomic mass is 10.0. The maximum Gasteiger partial charge on any atom is 0.237 e. The van der Waals surface area contributed by atoms with Crippen molar-refractivity contribution in [2.45, 2.75) is 51.2 Å². The standard InChI is InChI=1S/C23H27FN2O3S/c1-14(27)20-7-8-21(30-20)18-12-16(24)10-15-11-17(29-22(15)18)13-25-23(28)19-6-4-3-5-9-26(19)2/h7-8,10,12,17,19H,3-6,9,11,13H2,1-2H3,(H,25,28)/t17-,19+/m1/s1. The van der Waals surface area contributed by atoms with E-state index in [1.54, 1.807) is 6.07 Å². The molecule has 1 aromatic carbocycles. The van der Waals surface area contributed by atoms with Gasteiger partial charge in [-0.1, -0.05) is 12.8 Å². The number of nitrogens with one attached hydrogen (secondary N) is 1. The number of carbonyl (C=O) groups excluding carboxylic acids is 2. The third kappa shape index (κ3) is 4.42. The van der Waals surface area contributed by atoms with Crippen molar-refractivity contribution >= 4 is 23.0 Å². The van der Waals surface area contributed by atoms with Crippen LogP contribution in [0, 0.1) is 5.82 Å². The summed E-state index contributed by atoms with van der Waals surface area (Å²) in [7, 11) is 2.00. The van der Waals surface area contributed by atoms with Crippen molar-refractivity contribution in [1.82, 2.24) is 10.2 Å². The molecule has 5 nitrogen and oxygen atoms in total. The van der Waals surface area contributed by atoms with E-state index in [2.05, 4.69) is 10.2 Å². The highest BCUT2D eigenvalue weighted by molar-refractivity contribution is 7.17. The molecular formula is C23H27FN2O3S. The molecule has 1 amide bonds. The molecule has 1 N–H and O–H groups in total. The first kappa shape index (κ1) is 21.0. The summed E-state index contributed by atoms with van der Waals surface area (Å²) in [5.74, 6) is 0.355. The van der Waals surface area contributed by atoms with Crippen LogP contribution in [0.3, 0.4) is 0 Å². The first-order chi connectivity index (χ1) is 14.4. The number of ketones is 1. The Morgan fingerprint density at radius 2 is 2.10 bits per heavy atom. The lowest BCUT2D eigenvalue weighted by Crippen LogP contribution is -2.47. The number of halogens is 1. The first-order valence-electron chi connectivity index (χ1n) is 10.5. The molecule has 160 valence electrons. The largest absolute Gasteiger partial charge is 0.487 e. The highest BCUT2D eigenvalue weighted by atomic mass is 32.1. The number of fused-ring (bicyclic) bond motifs is 1. The van der Waals surface area contributed by atoms with Gasteiger partial charge in [-0.3, -0.25) is 14.5 Å². The van der Waals surface area contributed by atoms with Crippen LogP contribution in [0.4, 0.5) is 4.39 Å². The van der Waals surface area contributed by atoms with Crippen molar-refractivity contribution in [3.05, 3.63) is 40.5 Å². The van der Waals surface area contributed by atoms with E-state index in [9.17, 15) is 14.0 Å². The summed E-state index contributed by atoms with van der Waals surface area (Å²) in [5, 5.41) is 3.04. The highest BCUT2D eigenvalue weighted by Gasteiger charge is 2.30. The molecule has 2 aliphatic rings. The lowest BCUT2D eigenvalue weighted by Gasteiger charge is -2.25. The average Bonchev–Trinajstić information content (AvgIpc) is 3.29. The van der Waals surface area contributed by atoms with Crippen molar-refractivity contribution in [3.63, 3.8) is 0 Å². The van der Waals surface area contributed by atoms with Crippen LogP contribution in [0.5, 0.6) is 5.75 Å².